The number of ether oxygens (including phenoxy) is 3. The highest BCUT2D eigenvalue weighted by Gasteiger charge is 2.23. The number of esters is 1. The first-order valence-electron chi connectivity index (χ1n) is 7.51. The first-order chi connectivity index (χ1) is 11.4. The van der Waals surface area contributed by atoms with Crippen LogP contribution in [0.1, 0.15) is 32.8 Å². The van der Waals surface area contributed by atoms with Crippen molar-refractivity contribution >= 4 is 17.7 Å². The molecule has 7 nitrogen and oxygen atoms in total. The molecule has 24 heavy (non-hydrogen) atoms. The summed E-state index contributed by atoms with van der Waals surface area (Å²) in [5.41, 5.74) is 1.48. The number of rotatable bonds is 6. The zero-order chi connectivity index (χ0) is 17.7. The molecule has 0 unspecified atom stereocenters. The van der Waals surface area contributed by atoms with Crippen molar-refractivity contribution in [3.63, 3.8) is 0 Å². The molecule has 0 aliphatic carbocycles. The number of carbonyl (C=O) groups is 1. The Labute approximate surface area is 139 Å². The van der Waals surface area contributed by atoms with Gasteiger partial charge in [-0.3, -0.25) is 10.1 Å². The number of hydrogen-bond acceptors (Lipinski definition) is 6. The highest BCUT2D eigenvalue weighted by Crippen LogP contribution is 2.39. The van der Waals surface area contributed by atoms with Crippen LogP contribution in [0.2, 0.25) is 0 Å². The van der Waals surface area contributed by atoms with E-state index in [-0.39, 0.29) is 24.7 Å². The van der Waals surface area contributed by atoms with E-state index < -0.39 is 10.9 Å². The van der Waals surface area contributed by atoms with Crippen LogP contribution in [-0.2, 0) is 9.53 Å². The molecule has 0 radical (unpaired) electrons. The lowest BCUT2D eigenvalue weighted by Gasteiger charge is -2.07. The van der Waals surface area contributed by atoms with Gasteiger partial charge in [-0.15, -0.1) is 0 Å². The Morgan fingerprint density at radius 1 is 1.33 bits per heavy atom. The molecular weight excluding hydrogens is 314 g/mol. The van der Waals surface area contributed by atoms with Crippen molar-refractivity contribution in [1.29, 1.82) is 0 Å². The van der Waals surface area contributed by atoms with E-state index in [1.807, 2.05) is 19.9 Å². The summed E-state index contributed by atoms with van der Waals surface area (Å²) in [5, 5.41) is 11.3. The fourth-order valence-electron chi connectivity index (χ4n) is 2.15. The van der Waals surface area contributed by atoms with Crippen molar-refractivity contribution in [2.24, 2.45) is 0 Å². The Balaban J connectivity index is 2.48. The molecule has 0 atom stereocenters. The summed E-state index contributed by atoms with van der Waals surface area (Å²) >= 11 is 0. The lowest BCUT2D eigenvalue weighted by molar-refractivity contribution is -0.385. The number of carbonyl (C=O) groups excluding carboxylic acids is 1. The lowest BCUT2D eigenvalue weighted by Crippen LogP contribution is -2.07. The zero-order valence-electron chi connectivity index (χ0n) is 13.8. The third-order valence-corrected chi connectivity index (χ3v) is 3.32. The van der Waals surface area contributed by atoms with Gasteiger partial charge >= 0.3 is 5.97 Å². The van der Waals surface area contributed by atoms with E-state index in [0.29, 0.717) is 23.5 Å². The van der Waals surface area contributed by atoms with Crippen molar-refractivity contribution in [1.82, 2.24) is 0 Å². The summed E-state index contributed by atoms with van der Waals surface area (Å²) in [7, 11) is 0. The van der Waals surface area contributed by atoms with E-state index in [0.717, 1.165) is 5.57 Å². The highest BCUT2D eigenvalue weighted by atomic mass is 16.7. The van der Waals surface area contributed by atoms with Crippen LogP contribution in [0.25, 0.3) is 6.08 Å². The van der Waals surface area contributed by atoms with Gasteiger partial charge in [0.25, 0.3) is 5.69 Å². The van der Waals surface area contributed by atoms with E-state index in [1.54, 1.807) is 6.92 Å². The standard InChI is InChI=1S/C17H19NO6/c1-4-22-17(19)12(6-5-11(2)3)7-13-8-15-16(24-10-23-15)9-14(13)18(20)21/h5,7-9H,4,6,10H2,1-3H3/b12-7+. The Bertz CT molecular complexity index is 716. The van der Waals surface area contributed by atoms with Crippen LogP contribution in [0.5, 0.6) is 11.5 Å². The Morgan fingerprint density at radius 2 is 2.00 bits per heavy atom. The second-order valence-electron chi connectivity index (χ2n) is 5.40. The van der Waals surface area contributed by atoms with Gasteiger partial charge in [0.2, 0.25) is 6.79 Å². The number of benzene rings is 1. The van der Waals surface area contributed by atoms with Gasteiger partial charge < -0.3 is 14.2 Å². The average molecular weight is 333 g/mol. The maximum absolute atomic E-state index is 12.1. The third-order valence-electron chi connectivity index (χ3n) is 3.32. The van der Waals surface area contributed by atoms with Crippen molar-refractivity contribution in [2.75, 3.05) is 13.4 Å². The van der Waals surface area contributed by atoms with Gasteiger partial charge in [-0.05, 0) is 39.3 Å². The minimum atomic E-state index is -0.516. The number of nitro benzene ring substituents is 1. The average Bonchev–Trinajstić information content (AvgIpc) is 2.97. The molecule has 0 N–H and O–H groups in total. The molecule has 1 aliphatic rings. The topological polar surface area (TPSA) is 87.9 Å². The van der Waals surface area contributed by atoms with E-state index >= 15 is 0 Å². The largest absolute Gasteiger partial charge is 0.463 e. The molecular formula is C17H19NO6. The lowest BCUT2D eigenvalue weighted by atomic mass is 10.0. The first-order valence-corrected chi connectivity index (χ1v) is 7.51. The molecule has 0 saturated carbocycles. The highest BCUT2D eigenvalue weighted by molar-refractivity contribution is 5.95. The summed E-state index contributed by atoms with van der Waals surface area (Å²) in [6.45, 7) is 5.77. The van der Waals surface area contributed by atoms with Crippen LogP contribution in [0.4, 0.5) is 5.69 Å². The van der Waals surface area contributed by atoms with Crippen molar-refractivity contribution in [3.8, 4) is 11.5 Å². The van der Waals surface area contributed by atoms with Crippen LogP contribution < -0.4 is 9.47 Å². The summed E-state index contributed by atoms with van der Waals surface area (Å²) in [5.74, 6) is 0.236. The molecule has 1 aromatic rings. The number of fused-ring (bicyclic) bond motifs is 1. The molecule has 0 fully saturated rings. The predicted octanol–water partition coefficient (Wildman–Crippen LogP) is 3.63. The van der Waals surface area contributed by atoms with Crippen LogP contribution in [0.15, 0.2) is 29.4 Å². The summed E-state index contributed by atoms with van der Waals surface area (Å²) < 4.78 is 15.5. The molecule has 0 spiro atoms. The van der Waals surface area contributed by atoms with Crippen LogP contribution in [0, 0.1) is 10.1 Å². The molecule has 0 saturated heterocycles. The van der Waals surface area contributed by atoms with E-state index in [4.69, 9.17) is 14.2 Å². The number of allylic oxidation sites excluding steroid dienone is 2. The number of nitrogens with zero attached hydrogens (tertiary/aromatic N) is 1. The zero-order valence-corrected chi connectivity index (χ0v) is 13.8. The van der Waals surface area contributed by atoms with Gasteiger partial charge in [0, 0.05) is 5.57 Å². The van der Waals surface area contributed by atoms with Crippen LogP contribution >= 0.6 is 0 Å². The summed E-state index contributed by atoms with van der Waals surface area (Å²) in [6.07, 6.45) is 3.66. The predicted molar refractivity (Wildman–Crippen MR) is 87.9 cm³/mol. The summed E-state index contributed by atoms with van der Waals surface area (Å²) in [6, 6.07) is 2.81. The second-order valence-corrected chi connectivity index (χ2v) is 5.40. The van der Waals surface area contributed by atoms with Crippen LogP contribution in [0.3, 0.4) is 0 Å². The molecule has 7 heteroatoms. The Hall–Kier alpha value is -2.83. The van der Waals surface area contributed by atoms with Crippen molar-refractivity contribution < 1.29 is 23.9 Å². The molecule has 0 amide bonds. The first kappa shape index (κ1) is 17.5. The summed E-state index contributed by atoms with van der Waals surface area (Å²) in [4.78, 5) is 22.9. The van der Waals surface area contributed by atoms with Crippen molar-refractivity contribution in [3.05, 3.63) is 45.0 Å². The fourth-order valence-corrected chi connectivity index (χ4v) is 2.15. The van der Waals surface area contributed by atoms with Gasteiger partial charge in [0.05, 0.1) is 23.2 Å². The molecule has 128 valence electrons. The SMILES string of the molecule is CCOC(=O)/C(=C/c1cc2c(cc1[N+](=O)[O-])OCO2)CC=C(C)C. The normalized spacial score (nSPS) is 12.7. The molecule has 2 rings (SSSR count). The molecule has 1 aliphatic heterocycles. The van der Waals surface area contributed by atoms with E-state index in [2.05, 4.69) is 0 Å². The number of nitro groups is 1. The maximum atomic E-state index is 12.1. The Kier molecular flexibility index (Phi) is 5.57. The third kappa shape index (κ3) is 4.13. The van der Waals surface area contributed by atoms with E-state index in [1.165, 1.54) is 18.2 Å². The van der Waals surface area contributed by atoms with E-state index in [9.17, 15) is 14.9 Å². The van der Waals surface area contributed by atoms with Gasteiger partial charge in [-0.2, -0.15) is 0 Å². The van der Waals surface area contributed by atoms with Crippen molar-refractivity contribution in [2.45, 2.75) is 27.2 Å². The molecule has 1 heterocycles. The molecule has 0 aromatic heterocycles. The van der Waals surface area contributed by atoms with Gasteiger partial charge in [0.1, 0.15) is 0 Å². The minimum Gasteiger partial charge on any atom is -0.463 e. The smallest absolute Gasteiger partial charge is 0.334 e. The minimum absolute atomic E-state index is 0.0160. The number of hydrogen-bond donors (Lipinski definition) is 0. The van der Waals surface area contributed by atoms with Crippen LogP contribution in [-0.4, -0.2) is 24.3 Å². The Morgan fingerprint density at radius 3 is 2.58 bits per heavy atom. The fraction of sp³-hybridized carbons (Fsp3) is 0.353. The quantitative estimate of drug-likeness (QED) is 0.260. The molecule has 1 aromatic carbocycles. The van der Waals surface area contributed by atoms with Gasteiger partial charge in [-0.25, -0.2) is 4.79 Å². The molecule has 0 bridgehead atoms. The maximum Gasteiger partial charge on any atom is 0.334 e. The monoisotopic (exact) mass is 333 g/mol. The second kappa shape index (κ2) is 7.63. The van der Waals surface area contributed by atoms with Gasteiger partial charge in [-0.1, -0.05) is 11.6 Å². The van der Waals surface area contributed by atoms with Gasteiger partial charge in [0.15, 0.2) is 11.5 Å².